The van der Waals surface area contributed by atoms with Crippen molar-refractivity contribution in [2.24, 2.45) is 11.5 Å². The Labute approximate surface area is 150 Å². The summed E-state index contributed by atoms with van der Waals surface area (Å²) in [5.41, 5.74) is 14.9. The van der Waals surface area contributed by atoms with Crippen molar-refractivity contribution >= 4 is 23.6 Å². The third-order valence-electron chi connectivity index (χ3n) is 3.78. The van der Waals surface area contributed by atoms with Crippen LogP contribution in [0.3, 0.4) is 0 Å². The SMILES string of the molecule is N=Cc1ccc(-c2cccc(CN)n2)cc1Nc1cccc(C(N)=O)n1. The minimum atomic E-state index is -0.600. The van der Waals surface area contributed by atoms with Gasteiger partial charge in [0.2, 0.25) is 0 Å². The van der Waals surface area contributed by atoms with E-state index >= 15 is 0 Å². The molecule has 0 aliphatic heterocycles. The Morgan fingerprint density at radius 1 is 1.12 bits per heavy atom. The summed E-state index contributed by atoms with van der Waals surface area (Å²) in [5.74, 6) is -0.136. The number of nitrogens with two attached hydrogens (primary N) is 2. The highest BCUT2D eigenvalue weighted by atomic mass is 16.1. The summed E-state index contributed by atoms with van der Waals surface area (Å²) in [4.78, 5) is 20.0. The molecule has 1 amide bonds. The molecule has 130 valence electrons. The molecule has 0 radical (unpaired) electrons. The number of hydrogen-bond acceptors (Lipinski definition) is 6. The van der Waals surface area contributed by atoms with Crippen LogP contribution in [0.15, 0.2) is 54.6 Å². The molecule has 1 aromatic carbocycles. The molecule has 7 nitrogen and oxygen atoms in total. The molecule has 0 bridgehead atoms. The summed E-state index contributed by atoms with van der Waals surface area (Å²) < 4.78 is 0. The number of nitrogens with zero attached hydrogens (tertiary/aromatic N) is 2. The number of primary amides is 1. The van der Waals surface area contributed by atoms with E-state index in [-0.39, 0.29) is 5.69 Å². The first-order chi connectivity index (χ1) is 12.6. The Hall–Kier alpha value is -3.58. The van der Waals surface area contributed by atoms with Crippen LogP contribution in [-0.2, 0) is 6.54 Å². The molecule has 6 N–H and O–H groups in total. The van der Waals surface area contributed by atoms with Gasteiger partial charge in [-0.1, -0.05) is 24.3 Å². The van der Waals surface area contributed by atoms with Crippen LogP contribution in [0.5, 0.6) is 0 Å². The molecule has 2 aromatic heterocycles. The van der Waals surface area contributed by atoms with Gasteiger partial charge in [0.1, 0.15) is 11.5 Å². The van der Waals surface area contributed by atoms with Gasteiger partial charge in [0.15, 0.2) is 0 Å². The maximum Gasteiger partial charge on any atom is 0.267 e. The first kappa shape index (κ1) is 17.2. The Morgan fingerprint density at radius 3 is 2.65 bits per heavy atom. The van der Waals surface area contributed by atoms with Crippen molar-refractivity contribution in [1.82, 2.24) is 9.97 Å². The summed E-state index contributed by atoms with van der Waals surface area (Å²) in [6.45, 7) is 0.362. The third-order valence-corrected chi connectivity index (χ3v) is 3.78. The number of nitrogens with one attached hydrogen (secondary N) is 2. The molecule has 0 atom stereocenters. The summed E-state index contributed by atoms with van der Waals surface area (Å²) in [7, 11) is 0. The van der Waals surface area contributed by atoms with E-state index in [1.165, 1.54) is 6.21 Å². The second-order valence-electron chi connectivity index (χ2n) is 5.56. The molecule has 0 aliphatic rings. The zero-order chi connectivity index (χ0) is 18.5. The van der Waals surface area contributed by atoms with Gasteiger partial charge < -0.3 is 22.2 Å². The molecule has 0 unspecified atom stereocenters. The quantitative estimate of drug-likeness (QED) is 0.509. The van der Waals surface area contributed by atoms with E-state index in [2.05, 4.69) is 15.3 Å². The van der Waals surface area contributed by atoms with Crippen LogP contribution in [0.2, 0.25) is 0 Å². The van der Waals surface area contributed by atoms with E-state index in [0.29, 0.717) is 23.6 Å². The van der Waals surface area contributed by atoms with E-state index in [0.717, 1.165) is 17.0 Å². The molecule has 26 heavy (non-hydrogen) atoms. The molecule has 7 heteroatoms. The number of pyridine rings is 2. The van der Waals surface area contributed by atoms with Gasteiger partial charge in [0, 0.05) is 29.6 Å². The zero-order valence-corrected chi connectivity index (χ0v) is 13.9. The Morgan fingerprint density at radius 2 is 1.92 bits per heavy atom. The lowest BCUT2D eigenvalue weighted by atomic mass is 10.1. The van der Waals surface area contributed by atoms with Gasteiger partial charge in [0.05, 0.1) is 11.4 Å². The average Bonchev–Trinajstić information content (AvgIpc) is 2.68. The van der Waals surface area contributed by atoms with Crippen LogP contribution in [0.1, 0.15) is 21.7 Å². The first-order valence-corrected chi connectivity index (χ1v) is 7.95. The van der Waals surface area contributed by atoms with Gasteiger partial charge in [-0.15, -0.1) is 0 Å². The summed E-state index contributed by atoms with van der Waals surface area (Å²) in [6.07, 6.45) is 1.24. The minimum Gasteiger partial charge on any atom is -0.364 e. The fourth-order valence-corrected chi connectivity index (χ4v) is 2.48. The summed E-state index contributed by atoms with van der Waals surface area (Å²) >= 11 is 0. The van der Waals surface area contributed by atoms with Crippen molar-refractivity contribution < 1.29 is 4.79 Å². The van der Waals surface area contributed by atoms with Gasteiger partial charge in [-0.05, 0) is 30.3 Å². The highest BCUT2D eigenvalue weighted by molar-refractivity contribution is 5.92. The second-order valence-corrected chi connectivity index (χ2v) is 5.56. The number of aromatic nitrogens is 2. The van der Waals surface area contributed by atoms with Crippen LogP contribution in [-0.4, -0.2) is 22.1 Å². The molecule has 2 heterocycles. The zero-order valence-electron chi connectivity index (χ0n) is 13.9. The maximum atomic E-state index is 11.3. The topological polar surface area (TPSA) is 131 Å². The van der Waals surface area contributed by atoms with Crippen LogP contribution in [0, 0.1) is 5.41 Å². The van der Waals surface area contributed by atoms with Crippen LogP contribution in [0.25, 0.3) is 11.3 Å². The third kappa shape index (κ3) is 3.73. The van der Waals surface area contributed by atoms with Crippen LogP contribution >= 0.6 is 0 Å². The summed E-state index contributed by atoms with van der Waals surface area (Å²) in [6, 6.07) is 16.2. The monoisotopic (exact) mass is 346 g/mol. The number of amides is 1. The number of carbonyl (C=O) groups excluding carboxylic acids is 1. The maximum absolute atomic E-state index is 11.3. The van der Waals surface area contributed by atoms with Crippen molar-refractivity contribution in [1.29, 1.82) is 5.41 Å². The van der Waals surface area contributed by atoms with E-state index < -0.39 is 5.91 Å². The number of rotatable bonds is 6. The highest BCUT2D eigenvalue weighted by Crippen LogP contribution is 2.26. The Kier molecular flexibility index (Phi) is 5.00. The summed E-state index contributed by atoms with van der Waals surface area (Å²) in [5, 5.41) is 10.7. The van der Waals surface area contributed by atoms with Crippen LogP contribution in [0.4, 0.5) is 11.5 Å². The molecule has 3 aromatic rings. The van der Waals surface area contributed by atoms with Gasteiger partial charge in [-0.3, -0.25) is 9.78 Å². The van der Waals surface area contributed by atoms with Crippen molar-refractivity contribution in [3.05, 3.63) is 71.5 Å². The molecular formula is C19H18N6O. The Balaban J connectivity index is 1.99. The van der Waals surface area contributed by atoms with E-state index in [1.807, 2.05) is 36.4 Å². The van der Waals surface area contributed by atoms with Crippen molar-refractivity contribution in [2.45, 2.75) is 6.54 Å². The molecule has 0 spiro atoms. The van der Waals surface area contributed by atoms with E-state index in [4.69, 9.17) is 16.9 Å². The predicted molar refractivity (Wildman–Crippen MR) is 101 cm³/mol. The lowest BCUT2D eigenvalue weighted by molar-refractivity contribution is 0.0995. The first-order valence-electron chi connectivity index (χ1n) is 7.95. The van der Waals surface area contributed by atoms with E-state index in [1.54, 1.807) is 18.2 Å². The largest absolute Gasteiger partial charge is 0.364 e. The molecule has 0 fully saturated rings. The molecule has 3 rings (SSSR count). The fraction of sp³-hybridized carbons (Fsp3) is 0.0526. The average molecular weight is 346 g/mol. The fourth-order valence-electron chi connectivity index (χ4n) is 2.48. The van der Waals surface area contributed by atoms with Crippen molar-refractivity contribution in [2.75, 3.05) is 5.32 Å². The van der Waals surface area contributed by atoms with E-state index in [9.17, 15) is 4.79 Å². The lowest BCUT2D eigenvalue weighted by Gasteiger charge is -2.12. The lowest BCUT2D eigenvalue weighted by Crippen LogP contribution is -2.13. The number of benzene rings is 1. The molecule has 0 aliphatic carbocycles. The van der Waals surface area contributed by atoms with Gasteiger partial charge in [0.25, 0.3) is 5.91 Å². The number of anilines is 2. The molecular weight excluding hydrogens is 328 g/mol. The second kappa shape index (κ2) is 7.54. The van der Waals surface area contributed by atoms with Gasteiger partial charge in [-0.2, -0.15) is 0 Å². The van der Waals surface area contributed by atoms with Gasteiger partial charge >= 0.3 is 0 Å². The standard InChI is InChI=1S/C19H18N6O/c20-10-13-8-7-12(15-4-1-3-14(11-21)23-15)9-17(13)25-18-6-2-5-16(24-18)19(22)26/h1-10,20H,11,21H2,(H2,22,26)(H,24,25). The molecule has 0 saturated carbocycles. The highest BCUT2D eigenvalue weighted by Gasteiger charge is 2.08. The van der Waals surface area contributed by atoms with Crippen molar-refractivity contribution in [3.8, 4) is 11.3 Å². The normalized spacial score (nSPS) is 10.3. The van der Waals surface area contributed by atoms with Crippen molar-refractivity contribution in [3.63, 3.8) is 0 Å². The van der Waals surface area contributed by atoms with Gasteiger partial charge in [-0.25, -0.2) is 4.98 Å². The molecule has 0 saturated heterocycles. The number of carbonyl (C=O) groups is 1. The predicted octanol–water partition coefficient (Wildman–Crippen LogP) is 2.44. The Bertz CT molecular complexity index is 970. The smallest absolute Gasteiger partial charge is 0.267 e. The number of hydrogen-bond donors (Lipinski definition) is 4. The van der Waals surface area contributed by atoms with Crippen LogP contribution < -0.4 is 16.8 Å². The minimum absolute atomic E-state index is 0.167.